The summed E-state index contributed by atoms with van der Waals surface area (Å²) in [6.07, 6.45) is 6.89. The van der Waals surface area contributed by atoms with Gasteiger partial charge in [0.1, 0.15) is 36.6 Å². The average Bonchev–Trinajstić information content (AvgIpc) is 1.45. The number of benzene rings is 4. The van der Waals surface area contributed by atoms with E-state index in [-0.39, 0.29) is 90.3 Å². The van der Waals surface area contributed by atoms with Crippen molar-refractivity contribution in [1.29, 1.82) is 0 Å². The Balaban J connectivity index is 0.522. The van der Waals surface area contributed by atoms with Crippen LogP contribution in [0, 0.1) is 34.5 Å². The number of nitrogens with zero attached hydrogens (tertiary/aromatic N) is 7. The number of nitrogens with one attached hydrogen (secondary N) is 2. The van der Waals surface area contributed by atoms with Crippen molar-refractivity contribution in [3.8, 4) is 22.6 Å². The third-order valence-electron chi connectivity index (χ3n) is 27.6. The fraction of sp³-hybridized carbons (Fsp3) is 0.564. The molecule has 38 nitrogen and oxygen atoms in total. The molecule has 10 atom stereocenters. The van der Waals surface area contributed by atoms with E-state index in [0.717, 1.165) is 81.1 Å². The average molecular weight is 2000 g/mol. The number of aliphatic hydroxyl groups is 1. The number of ether oxygens (including phenoxy) is 16. The fourth-order valence-corrected chi connectivity index (χ4v) is 22.7. The number of aryl methyl sites for hydroxylation is 1. The van der Waals surface area contributed by atoms with Gasteiger partial charge in [-0.3, -0.25) is 38.6 Å². The molecule has 14 rings (SSSR count). The standard InChI is InChI=1S/C101H131N9O29S2/c1-6-75-82(111)58-84(92(116)117)139-94(75)138-83-57-70(12-9-10-28-102-91(115)81(110-87(112)25-26-88(110)113)56-71-18-21-74(22-19-71)135-54-53-134-52-51-133-50-49-132-48-47-131-46-45-130-44-43-129-42-41-128-40-39-127-38-37-126-36-35-125-34-33-124-5)17-20-73(83)61-136-96(120)107(31-55-141(121,122)123)30-32-137-100-64-98(4)62-97(3)63-99(65-100,66-101(97,98)67-100)68-109-69(2)78(59-103-109)76-23-24-86(105-89(76)93(118)119)108-29-27-72-13-11-14-77(79(72)60-108)90(114)106-95-104-80-15-7-8-16-85(80)140-95/h6-8,11,13-26,57,59,75,81-82,84,94,111H,1,9-10,12,27-56,58,60-68H2,2-5H3,(H,102,115)(H,116,117)(H,118,119)(H,104,106,114)(H,121,122,123)/t75?,81?,82-,84-,94?,97?,98?,99?,100?,101?/m0/s1. The SMILES string of the molecule is C=CC1C(Oc2cc(CCCCNC(=O)C(Cc3ccc(OCCOCCOCCOCCOCCOCCOCCOCCOCCOCCOCCOC)cc3)N3C(=O)C=CC3=O)ccc2COC(=O)N(CCOC23CC4(Cn5ncc(-c6ccc(N7CCc8cccc(C(=O)Nc9nc%10ccccc%10s9)c8C7)nc6C(=O)O)c5C)CC5(C)CC(C)(C2)C5(C4)C3)CCS(=O)(=O)O)O[C@H](C(=O)O)C[C@@H]1O. The molecule has 141 heavy (non-hydrogen) atoms. The number of para-hydroxylation sites is 1. The quantitative estimate of drug-likeness (QED) is 0.00893. The maximum Gasteiger partial charge on any atom is 0.410 e. The molecule has 8 unspecified atom stereocenters. The van der Waals surface area contributed by atoms with Gasteiger partial charge in [-0.2, -0.15) is 13.5 Å². The number of rotatable bonds is 63. The summed E-state index contributed by atoms with van der Waals surface area (Å²) in [5.74, 6) is -5.29. The maximum absolute atomic E-state index is 14.5. The zero-order valence-corrected chi connectivity index (χ0v) is 82.1. The first-order chi connectivity index (χ1) is 68.1. The van der Waals surface area contributed by atoms with E-state index in [1.165, 1.54) is 17.4 Å². The Hall–Kier alpha value is -10.4. The maximum atomic E-state index is 14.5. The summed E-state index contributed by atoms with van der Waals surface area (Å²) >= 11 is 1.39. The van der Waals surface area contributed by atoms with E-state index < -0.39 is 101 Å². The first-order valence-corrected chi connectivity index (χ1v) is 50.6. The highest BCUT2D eigenvalue weighted by atomic mass is 32.2. The van der Waals surface area contributed by atoms with Gasteiger partial charge >= 0.3 is 18.0 Å². The van der Waals surface area contributed by atoms with Crippen molar-refractivity contribution in [3.05, 3.63) is 173 Å². The minimum absolute atomic E-state index is 0.00439. The molecule has 6 heterocycles. The van der Waals surface area contributed by atoms with Gasteiger partial charge in [0.15, 0.2) is 16.9 Å². The molecule has 1 spiro atoms. The van der Waals surface area contributed by atoms with Gasteiger partial charge in [-0.25, -0.2) is 24.4 Å². The molecule has 766 valence electrons. The monoisotopic (exact) mass is 2000 g/mol. The van der Waals surface area contributed by atoms with E-state index in [0.29, 0.717) is 228 Å². The predicted octanol–water partition coefficient (Wildman–Crippen LogP) is 9.95. The second kappa shape index (κ2) is 50.2. The van der Waals surface area contributed by atoms with Gasteiger partial charge in [0.05, 0.1) is 185 Å². The van der Waals surface area contributed by atoms with Gasteiger partial charge in [-0.15, -0.1) is 6.58 Å². The number of aliphatic carboxylic acids is 1. The summed E-state index contributed by atoms with van der Waals surface area (Å²) in [5, 5.41) is 43.5. The van der Waals surface area contributed by atoms with E-state index in [9.17, 15) is 61.9 Å². The lowest BCUT2D eigenvalue weighted by Gasteiger charge is -2.64. The number of carboxylic acids is 2. The summed E-state index contributed by atoms with van der Waals surface area (Å²) in [7, 11) is -2.98. The van der Waals surface area contributed by atoms with Crippen LogP contribution in [0.4, 0.5) is 15.7 Å². The van der Waals surface area contributed by atoms with Gasteiger partial charge in [0.2, 0.25) is 12.2 Å². The number of pyridine rings is 1. The first-order valence-electron chi connectivity index (χ1n) is 48.2. The van der Waals surface area contributed by atoms with Gasteiger partial charge in [0.25, 0.3) is 27.8 Å². The Morgan fingerprint density at radius 1 is 0.688 bits per heavy atom. The normalized spacial score (nSPS) is 22.3. The number of hydrogen-bond donors (Lipinski definition) is 6. The zero-order chi connectivity index (χ0) is 99.6. The topological polar surface area (TPSA) is 460 Å². The lowest BCUT2D eigenvalue weighted by Crippen LogP contribution is -2.57. The van der Waals surface area contributed by atoms with Gasteiger partial charge in [-0.05, 0) is 164 Å². The summed E-state index contributed by atoms with van der Waals surface area (Å²) in [6, 6.07) is 27.8. The van der Waals surface area contributed by atoms with E-state index in [2.05, 4.69) is 36.0 Å². The number of thiazole rings is 1. The zero-order valence-electron chi connectivity index (χ0n) is 80.5. The van der Waals surface area contributed by atoms with Crippen LogP contribution in [0.25, 0.3) is 21.3 Å². The Labute approximate surface area is 824 Å². The van der Waals surface area contributed by atoms with E-state index in [1.807, 2.05) is 59.0 Å². The fourth-order valence-electron chi connectivity index (χ4n) is 21.4. The Morgan fingerprint density at radius 3 is 1.93 bits per heavy atom. The van der Waals surface area contributed by atoms with Crippen molar-refractivity contribution in [3.63, 3.8) is 0 Å². The van der Waals surface area contributed by atoms with Crippen LogP contribution in [0.3, 0.4) is 0 Å². The van der Waals surface area contributed by atoms with Gasteiger partial charge in [-0.1, -0.05) is 79.8 Å². The highest BCUT2D eigenvalue weighted by molar-refractivity contribution is 7.85. The lowest BCUT2D eigenvalue weighted by atomic mass is 9.40. The number of aromatic nitrogens is 4. The van der Waals surface area contributed by atoms with Crippen LogP contribution < -0.4 is 25.0 Å². The third kappa shape index (κ3) is 27.8. The minimum Gasteiger partial charge on any atom is -0.491 e. The van der Waals surface area contributed by atoms with Gasteiger partial charge < -0.3 is 106 Å². The largest absolute Gasteiger partial charge is 0.491 e. The van der Waals surface area contributed by atoms with Crippen LogP contribution in [0.5, 0.6) is 11.5 Å². The van der Waals surface area contributed by atoms with Gasteiger partial charge in [0, 0.05) is 99.3 Å². The Bertz CT molecular complexity index is 5520. The van der Waals surface area contributed by atoms with Crippen LogP contribution >= 0.6 is 11.3 Å². The predicted molar refractivity (Wildman–Crippen MR) is 516 cm³/mol. The Morgan fingerprint density at radius 2 is 1.31 bits per heavy atom. The number of carbonyl (C=O) groups excluding carboxylic acids is 5. The molecule has 3 aliphatic heterocycles. The minimum atomic E-state index is -4.62. The first kappa shape index (κ1) is 106. The third-order valence-corrected chi connectivity index (χ3v) is 29.2. The molecule has 1 saturated heterocycles. The number of anilines is 2. The van der Waals surface area contributed by atoms with Crippen LogP contribution in [-0.4, -0.2) is 321 Å². The van der Waals surface area contributed by atoms with Crippen molar-refractivity contribution in [2.45, 2.75) is 148 Å². The molecule has 4 aromatic carbocycles. The van der Waals surface area contributed by atoms with Crippen molar-refractivity contribution in [2.75, 3.05) is 201 Å². The molecule has 4 aliphatic carbocycles. The number of carboxylic acid groups (broad SMARTS) is 2. The van der Waals surface area contributed by atoms with Crippen molar-refractivity contribution in [2.24, 2.45) is 27.6 Å². The molecule has 6 N–H and O–H groups in total. The second-order valence-electron chi connectivity index (χ2n) is 37.3. The molecular formula is C101H131N9O29S2. The number of amides is 5. The van der Waals surface area contributed by atoms with Crippen molar-refractivity contribution < 1.29 is 138 Å². The van der Waals surface area contributed by atoms with E-state index in [4.69, 9.17) is 85.9 Å². The van der Waals surface area contributed by atoms with Crippen molar-refractivity contribution in [1.82, 2.24) is 34.9 Å². The summed E-state index contributed by atoms with van der Waals surface area (Å²) in [6.45, 7) is 20.5. The smallest absolute Gasteiger partial charge is 0.410 e. The van der Waals surface area contributed by atoms with Crippen LogP contribution in [0.1, 0.15) is 126 Å². The summed E-state index contributed by atoms with van der Waals surface area (Å²) in [5.41, 5.74) is 5.22. The molecule has 0 radical (unpaired) electrons. The number of hydrogen-bond acceptors (Lipinski definition) is 31. The molecule has 7 aliphatic rings. The molecule has 5 fully saturated rings. The molecule has 3 bridgehead atoms. The number of fused-ring (bicyclic) bond motifs is 4. The number of methoxy groups -OCH3 is 1. The number of aliphatic hydroxyl groups excluding tert-OH is 1. The molecule has 5 amide bonds. The highest BCUT2D eigenvalue weighted by Crippen LogP contribution is 2.90. The van der Waals surface area contributed by atoms with E-state index in [1.54, 1.807) is 67.9 Å². The number of imide groups is 1. The lowest BCUT2D eigenvalue weighted by molar-refractivity contribution is -0.211. The molecule has 40 heteroatoms. The van der Waals surface area contributed by atoms with Crippen LogP contribution in [0.2, 0.25) is 0 Å². The second-order valence-corrected chi connectivity index (χ2v) is 39.9. The number of carbonyl (C=O) groups is 7. The highest BCUT2D eigenvalue weighted by Gasteiger charge is 2.84. The molecular weight excluding hydrogens is 1870 g/mol. The molecule has 7 aromatic rings. The molecule has 4 saturated carbocycles. The van der Waals surface area contributed by atoms with E-state index >= 15 is 0 Å². The number of unbranched alkanes of at least 4 members (excludes halogenated alkanes) is 1. The van der Waals surface area contributed by atoms with Crippen LogP contribution in [-0.2, 0) is 135 Å². The summed E-state index contributed by atoms with van der Waals surface area (Å²) in [4.78, 5) is 108. The summed E-state index contributed by atoms with van der Waals surface area (Å²) < 4.78 is 130. The Kier molecular flexibility index (Phi) is 37.9. The molecule has 3 aromatic heterocycles. The van der Waals surface area contributed by atoms with Crippen LogP contribution in [0.15, 0.2) is 128 Å². The van der Waals surface area contributed by atoms with Crippen molar-refractivity contribution >= 4 is 84.3 Å². The number of aromatic carboxylic acids is 1.